The molecule has 0 aromatic carbocycles. The second-order valence-corrected chi connectivity index (χ2v) is 1.21. The molecular formula is C6H10N2. The van der Waals surface area contributed by atoms with Gasteiger partial charge in [0.1, 0.15) is 0 Å². The van der Waals surface area contributed by atoms with Crippen LogP contribution in [0.25, 0.3) is 0 Å². The van der Waals surface area contributed by atoms with Gasteiger partial charge in [-0.05, 0) is 18.4 Å². The maximum atomic E-state index is 5.07. The summed E-state index contributed by atoms with van der Waals surface area (Å²) < 4.78 is 0. The maximum Gasteiger partial charge on any atom is 0.0579 e. The lowest BCUT2D eigenvalue weighted by atomic mass is 10.3. The fraction of sp³-hybridized carbons (Fsp3) is 0.167. The fourth-order valence-corrected chi connectivity index (χ4v) is 0.332. The summed E-state index contributed by atoms with van der Waals surface area (Å²) in [6.07, 6.45) is 4.76. The van der Waals surface area contributed by atoms with Gasteiger partial charge in [-0.1, -0.05) is 6.58 Å². The van der Waals surface area contributed by atoms with Crippen molar-refractivity contribution in [3.05, 3.63) is 24.9 Å². The normalized spacial score (nSPS) is 12.4. The Kier molecular flexibility index (Phi) is 3.58. The second-order valence-electron chi connectivity index (χ2n) is 1.21. The van der Waals surface area contributed by atoms with Crippen molar-refractivity contribution >= 4 is 5.71 Å². The first-order valence-electron chi connectivity index (χ1n) is 2.32. The number of nitrogens with zero attached hydrogens (tertiary/aromatic N) is 1. The molecule has 44 valence electrons. The quantitative estimate of drug-likeness (QED) is 0.522. The van der Waals surface area contributed by atoms with Gasteiger partial charge in [-0.3, -0.25) is 4.99 Å². The lowest BCUT2D eigenvalue weighted by molar-refractivity contribution is 1.45. The van der Waals surface area contributed by atoms with Crippen molar-refractivity contribution in [3.8, 4) is 0 Å². The van der Waals surface area contributed by atoms with Crippen molar-refractivity contribution in [2.24, 2.45) is 10.7 Å². The summed E-state index contributed by atoms with van der Waals surface area (Å²) in [5.74, 6) is 0. The minimum Gasteiger partial charge on any atom is -0.405 e. The highest BCUT2D eigenvalue weighted by molar-refractivity contribution is 6.03. The zero-order valence-electron chi connectivity index (χ0n) is 4.96. The summed E-state index contributed by atoms with van der Waals surface area (Å²) in [6.45, 7) is 3.51. The van der Waals surface area contributed by atoms with E-state index >= 15 is 0 Å². The van der Waals surface area contributed by atoms with E-state index in [1.807, 2.05) is 0 Å². The van der Waals surface area contributed by atoms with E-state index in [1.54, 1.807) is 19.2 Å². The molecule has 0 radical (unpaired) electrons. The van der Waals surface area contributed by atoms with E-state index in [4.69, 9.17) is 5.73 Å². The molecule has 0 aromatic heterocycles. The number of aliphatic imine (C=N–C) groups is 1. The van der Waals surface area contributed by atoms with Gasteiger partial charge in [-0.25, -0.2) is 0 Å². The van der Waals surface area contributed by atoms with Crippen molar-refractivity contribution in [1.82, 2.24) is 0 Å². The molecule has 2 N–H and O–H groups in total. The Morgan fingerprint density at radius 2 is 2.38 bits per heavy atom. The van der Waals surface area contributed by atoms with Crippen LogP contribution in [0.1, 0.15) is 0 Å². The summed E-state index contributed by atoms with van der Waals surface area (Å²) in [6, 6.07) is 0. The number of allylic oxidation sites excluding steroid dienone is 2. The maximum absolute atomic E-state index is 5.07. The van der Waals surface area contributed by atoms with Gasteiger partial charge in [-0.2, -0.15) is 0 Å². The van der Waals surface area contributed by atoms with Gasteiger partial charge in [0.25, 0.3) is 0 Å². The zero-order chi connectivity index (χ0) is 6.41. The van der Waals surface area contributed by atoms with Crippen LogP contribution in [0.3, 0.4) is 0 Å². The van der Waals surface area contributed by atoms with Crippen LogP contribution in [0.2, 0.25) is 0 Å². The van der Waals surface area contributed by atoms with Crippen LogP contribution in [0.4, 0.5) is 0 Å². The first-order valence-corrected chi connectivity index (χ1v) is 2.32. The van der Waals surface area contributed by atoms with E-state index in [-0.39, 0.29) is 0 Å². The van der Waals surface area contributed by atoms with Crippen molar-refractivity contribution in [3.63, 3.8) is 0 Å². The van der Waals surface area contributed by atoms with Gasteiger partial charge in [0.15, 0.2) is 0 Å². The van der Waals surface area contributed by atoms with Crippen LogP contribution in [0, 0.1) is 0 Å². The Balaban J connectivity index is 3.91. The first kappa shape index (κ1) is 6.95. The number of nitrogens with two attached hydrogens (primary N) is 1. The molecule has 0 aliphatic rings. The van der Waals surface area contributed by atoms with Gasteiger partial charge < -0.3 is 5.73 Å². The highest BCUT2D eigenvalue weighted by Crippen LogP contribution is 1.77. The first-order chi connectivity index (χ1) is 3.85. The summed E-state index contributed by atoms with van der Waals surface area (Å²) in [4.78, 5) is 3.83. The lowest BCUT2D eigenvalue weighted by Crippen LogP contribution is -1.87. The molecule has 0 amide bonds. The molecule has 0 rings (SSSR count). The number of hydrogen-bond acceptors (Lipinski definition) is 2. The molecule has 0 heterocycles. The van der Waals surface area contributed by atoms with Crippen LogP contribution in [-0.2, 0) is 0 Å². The van der Waals surface area contributed by atoms with Crippen LogP contribution in [0.5, 0.6) is 0 Å². The van der Waals surface area contributed by atoms with E-state index in [0.717, 1.165) is 5.71 Å². The third-order valence-electron chi connectivity index (χ3n) is 0.734. The van der Waals surface area contributed by atoms with Crippen LogP contribution >= 0.6 is 0 Å². The Morgan fingerprint density at radius 3 is 2.50 bits per heavy atom. The third-order valence-corrected chi connectivity index (χ3v) is 0.734. The number of rotatable bonds is 2. The van der Waals surface area contributed by atoms with Gasteiger partial charge in [-0.15, -0.1) is 0 Å². The summed E-state index contributed by atoms with van der Waals surface area (Å²) >= 11 is 0. The average Bonchev–Trinajstić information content (AvgIpc) is 1.83. The van der Waals surface area contributed by atoms with Gasteiger partial charge in [0, 0.05) is 7.05 Å². The third kappa shape index (κ3) is 2.18. The lowest BCUT2D eigenvalue weighted by Gasteiger charge is -1.83. The van der Waals surface area contributed by atoms with Gasteiger partial charge in [0.05, 0.1) is 5.71 Å². The SMILES string of the molecule is C=CC(/C=C\N)=NC. The van der Waals surface area contributed by atoms with Gasteiger partial charge >= 0.3 is 0 Å². The minimum atomic E-state index is 0.799. The van der Waals surface area contributed by atoms with E-state index < -0.39 is 0 Å². The second kappa shape index (κ2) is 4.12. The summed E-state index contributed by atoms with van der Waals surface area (Å²) in [5.41, 5.74) is 5.87. The summed E-state index contributed by atoms with van der Waals surface area (Å²) in [5, 5.41) is 0. The molecule has 0 saturated heterocycles. The molecule has 0 aromatic rings. The molecule has 8 heavy (non-hydrogen) atoms. The van der Waals surface area contributed by atoms with Crippen molar-refractivity contribution in [2.75, 3.05) is 7.05 Å². The Morgan fingerprint density at radius 1 is 1.75 bits per heavy atom. The predicted molar refractivity (Wildman–Crippen MR) is 36.9 cm³/mol. The van der Waals surface area contributed by atoms with Crippen molar-refractivity contribution in [2.45, 2.75) is 0 Å². The Bertz CT molecular complexity index is 122. The minimum absolute atomic E-state index is 0.799. The Hall–Kier alpha value is -1.05. The van der Waals surface area contributed by atoms with E-state index in [1.165, 1.54) is 6.20 Å². The standard InChI is InChI=1S/C6H10N2/c1-3-6(8-2)4-5-7/h3-5H,1,7H2,2H3/b5-4-,8-6?. The molecule has 2 heteroatoms. The molecule has 2 nitrogen and oxygen atoms in total. The van der Waals surface area contributed by atoms with E-state index in [2.05, 4.69) is 11.6 Å². The molecule has 0 fully saturated rings. The molecule has 0 bridgehead atoms. The Labute approximate surface area is 49.4 Å². The molecule has 0 unspecified atom stereocenters. The van der Waals surface area contributed by atoms with Crippen LogP contribution < -0.4 is 5.73 Å². The topological polar surface area (TPSA) is 38.4 Å². The summed E-state index contributed by atoms with van der Waals surface area (Å²) in [7, 11) is 1.69. The molecule has 0 aliphatic carbocycles. The van der Waals surface area contributed by atoms with Crippen LogP contribution in [-0.4, -0.2) is 12.8 Å². The molecule has 0 spiro atoms. The van der Waals surface area contributed by atoms with E-state index in [9.17, 15) is 0 Å². The van der Waals surface area contributed by atoms with Crippen LogP contribution in [0.15, 0.2) is 29.9 Å². The monoisotopic (exact) mass is 110 g/mol. The fourth-order valence-electron chi connectivity index (χ4n) is 0.332. The average molecular weight is 110 g/mol. The van der Waals surface area contributed by atoms with Crippen molar-refractivity contribution in [1.29, 1.82) is 0 Å². The van der Waals surface area contributed by atoms with E-state index in [0.29, 0.717) is 0 Å². The molecular weight excluding hydrogens is 100 g/mol. The smallest absolute Gasteiger partial charge is 0.0579 e. The largest absolute Gasteiger partial charge is 0.405 e. The molecule has 0 atom stereocenters. The van der Waals surface area contributed by atoms with Gasteiger partial charge in [0.2, 0.25) is 0 Å². The molecule has 0 saturated carbocycles. The zero-order valence-corrected chi connectivity index (χ0v) is 4.96. The molecule has 0 aliphatic heterocycles. The highest BCUT2D eigenvalue weighted by atomic mass is 14.7. The number of hydrogen-bond donors (Lipinski definition) is 1. The van der Waals surface area contributed by atoms with Crippen molar-refractivity contribution < 1.29 is 0 Å². The highest BCUT2D eigenvalue weighted by Gasteiger charge is 1.77. The predicted octanol–water partition coefficient (Wildman–Crippen LogP) is 0.716.